The Morgan fingerprint density at radius 2 is 0.647 bits per heavy atom. The molecule has 0 saturated carbocycles. The second-order valence-electron chi connectivity index (χ2n) is 14.8. The normalized spacial score (nSPS) is 11.5. The molecule has 9 heterocycles. The van der Waals surface area contributed by atoms with Crippen molar-refractivity contribution >= 4 is 46.4 Å². The first-order chi connectivity index (χ1) is 29.9. The number of alkyl halides is 6. The first-order valence-electron chi connectivity index (χ1n) is 20.0. The van der Waals surface area contributed by atoms with Crippen molar-refractivity contribution in [2.24, 2.45) is 0 Å². The molecule has 355 valence electrons. The van der Waals surface area contributed by atoms with Crippen LogP contribution in [0.5, 0.6) is 0 Å². The van der Waals surface area contributed by atoms with Gasteiger partial charge in [0.1, 0.15) is 13.1 Å². The topological polar surface area (TPSA) is 69.5 Å². The van der Waals surface area contributed by atoms with Crippen molar-refractivity contribution < 1.29 is 61.7 Å². The quantitative estimate of drug-likeness (QED) is 0.0658. The molecule has 0 fully saturated rings. The van der Waals surface area contributed by atoms with Crippen molar-refractivity contribution in [1.82, 2.24) is 19.9 Å². The predicted molar refractivity (Wildman–Crippen MR) is 255 cm³/mol. The van der Waals surface area contributed by atoms with E-state index in [9.17, 15) is 26.3 Å². The van der Waals surface area contributed by atoms with Crippen LogP contribution in [0.1, 0.15) is 36.6 Å². The van der Waals surface area contributed by atoms with Gasteiger partial charge < -0.3 is 47.1 Å². The molecule has 2 aliphatic rings. The number of hydrogen-bond acceptors (Lipinski definition) is 2. The minimum Gasteiger partial charge on any atom is -0.656 e. The third-order valence-electron chi connectivity index (χ3n) is 10.8. The van der Waals surface area contributed by atoms with Gasteiger partial charge in [0.2, 0.25) is 35.9 Å². The Balaban J connectivity index is 0.00000204. The van der Waals surface area contributed by atoms with Crippen molar-refractivity contribution in [3.8, 4) is 45.0 Å². The van der Waals surface area contributed by atoms with Gasteiger partial charge in [0, 0.05) is 48.5 Å². The van der Waals surface area contributed by atoms with Gasteiger partial charge in [-0.15, -0.1) is 22.1 Å². The molecule has 0 saturated heterocycles. The van der Waals surface area contributed by atoms with Crippen LogP contribution >= 0.6 is 0 Å². The van der Waals surface area contributed by atoms with Gasteiger partial charge >= 0.3 is 29.4 Å². The molecule has 0 spiro atoms. The smallest absolute Gasteiger partial charge is 0.656 e. The SMILES string of the molecule is CC[n+]1ccccc1-c1c2nc(c(-c3cccc[n+]3CC)c3ccc([n-]3)c(-c3cccc[n+]3CC(F)(F)F)c3nc(c(-c4cccc[n+]4CC(F)(F)F)c4ccc1[n-]4)C=C3)C=C2.[CH3-].[CH3-].[CH3-].[CH3-].[CH3-].[Mn+2]. The van der Waals surface area contributed by atoms with Crippen molar-refractivity contribution in [1.29, 1.82) is 0 Å². The summed E-state index contributed by atoms with van der Waals surface area (Å²) in [5.74, 6) is 0. The van der Waals surface area contributed by atoms with Crippen molar-refractivity contribution in [2.45, 2.75) is 52.4 Å². The molecule has 8 bridgehead atoms. The second kappa shape index (κ2) is 22.4. The molecule has 2 aliphatic heterocycles. The molecule has 0 amide bonds. The summed E-state index contributed by atoms with van der Waals surface area (Å²) in [5.41, 5.74) is 7.45. The summed E-state index contributed by atoms with van der Waals surface area (Å²) in [5, 5.41) is 0. The number of pyridine rings is 4. The predicted octanol–water partition coefficient (Wildman–Crippen LogP) is 11.1. The second-order valence-corrected chi connectivity index (χ2v) is 14.8. The minimum atomic E-state index is -4.56. The minimum absolute atomic E-state index is 0. The fourth-order valence-corrected chi connectivity index (χ4v) is 8.16. The van der Waals surface area contributed by atoms with Gasteiger partial charge in [-0.25, -0.2) is 9.97 Å². The van der Waals surface area contributed by atoms with E-state index in [1.165, 1.54) is 24.5 Å². The van der Waals surface area contributed by atoms with E-state index in [-0.39, 0.29) is 77.0 Å². The van der Waals surface area contributed by atoms with E-state index in [1.807, 2.05) is 86.9 Å². The Hall–Kier alpha value is -6.70. The zero-order valence-electron chi connectivity index (χ0n) is 38.9. The molecule has 8 nitrogen and oxygen atoms in total. The molecule has 9 rings (SSSR count). The van der Waals surface area contributed by atoms with Crippen LogP contribution in [-0.4, -0.2) is 22.3 Å². The molecule has 7 aromatic rings. The Bertz CT molecular complexity index is 2910. The maximum Gasteiger partial charge on any atom is 2.00 e. The maximum atomic E-state index is 14.2. The molecule has 0 N–H and O–H groups in total. The fraction of sp³-hybridized carbons (Fsp3) is 0.151. The van der Waals surface area contributed by atoms with Crippen LogP contribution in [0.2, 0.25) is 0 Å². The molecule has 7 aromatic heterocycles. The third-order valence-corrected chi connectivity index (χ3v) is 10.8. The van der Waals surface area contributed by atoms with E-state index >= 15 is 0 Å². The molecule has 1 radical (unpaired) electrons. The summed E-state index contributed by atoms with van der Waals surface area (Å²) in [6.45, 7) is 2.73. The van der Waals surface area contributed by atoms with Gasteiger partial charge in [-0.3, -0.25) is 0 Å². The van der Waals surface area contributed by atoms with Gasteiger partial charge in [-0.2, -0.15) is 44.6 Å². The standard InChI is InChI=1S/C48H38F6N8.5CH3.Mn/c1-3-59-25-9-5-13-39(59)43-31-17-18-32(55-31)44(40-14-6-10-26-60(40)4-2)34-20-22-36(57-34)46(42-16-8-12-28-62(42)30-48(52,53)54)38-24-23-37(58-38)45(35-21-19-33(43)56-35)41-15-7-11-27-61(41)29-47(49,50)51;;;;;;/h5-28H,3-4,29-30H2,1-2H3;5*1H3;/q+2;5*-1;+2. The fourth-order valence-electron chi connectivity index (χ4n) is 8.16. The molecule has 15 heteroatoms. The molecular formula is C53H53F6MnN8-. The van der Waals surface area contributed by atoms with E-state index in [1.54, 1.807) is 48.6 Å². The summed E-state index contributed by atoms with van der Waals surface area (Å²) >= 11 is 0. The average molecular weight is 971 g/mol. The number of hydrogen-bond donors (Lipinski definition) is 0. The summed E-state index contributed by atoms with van der Waals surface area (Å²) in [7, 11) is 0. The number of halogens is 6. The van der Waals surface area contributed by atoms with Gasteiger partial charge in [-0.1, -0.05) is 24.3 Å². The summed E-state index contributed by atoms with van der Waals surface area (Å²) < 4.78 is 91.4. The monoisotopic (exact) mass is 970 g/mol. The molecule has 0 aromatic carbocycles. The largest absolute Gasteiger partial charge is 2.00 e. The van der Waals surface area contributed by atoms with Crippen molar-refractivity contribution in [3.63, 3.8) is 0 Å². The van der Waals surface area contributed by atoms with Gasteiger partial charge in [0.05, 0.1) is 45.0 Å². The molecule has 68 heavy (non-hydrogen) atoms. The van der Waals surface area contributed by atoms with Gasteiger partial charge in [0.25, 0.3) is 0 Å². The van der Waals surface area contributed by atoms with Gasteiger partial charge in [-0.05, 0) is 62.4 Å². The van der Waals surface area contributed by atoms with E-state index in [4.69, 9.17) is 19.9 Å². The molecule has 0 unspecified atom stereocenters. The van der Waals surface area contributed by atoms with Crippen LogP contribution in [-0.2, 0) is 43.2 Å². The van der Waals surface area contributed by atoms with Crippen LogP contribution in [0.25, 0.3) is 91.4 Å². The van der Waals surface area contributed by atoms with Crippen LogP contribution in [0.15, 0.2) is 122 Å². The van der Waals surface area contributed by atoms with E-state index in [2.05, 4.69) is 9.13 Å². The van der Waals surface area contributed by atoms with E-state index in [0.717, 1.165) is 20.5 Å². The zero-order chi connectivity index (χ0) is 43.2. The van der Waals surface area contributed by atoms with Crippen LogP contribution < -0.4 is 28.2 Å². The number of rotatable bonds is 8. The van der Waals surface area contributed by atoms with E-state index in [0.29, 0.717) is 68.8 Å². The van der Waals surface area contributed by atoms with Crippen molar-refractivity contribution in [3.05, 3.63) is 182 Å². The Morgan fingerprint density at radius 3 is 0.897 bits per heavy atom. The molecule has 0 atom stereocenters. The molecular weight excluding hydrogens is 918 g/mol. The summed E-state index contributed by atoms with van der Waals surface area (Å²) in [6, 6.07) is 28.3. The maximum absolute atomic E-state index is 14.2. The number of nitrogens with zero attached hydrogens (tertiary/aromatic N) is 8. The number of fused-ring (bicyclic) bond motifs is 8. The third kappa shape index (κ3) is 11.0. The van der Waals surface area contributed by atoms with Crippen LogP contribution in [0, 0.1) is 37.1 Å². The zero-order valence-corrected chi connectivity index (χ0v) is 40.1. The Labute approximate surface area is 405 Å². The van der Waals surface area contributed by atoms with Gasteiger partial charge in [0.15, 0.2) is 24.8 Å². The molecule has 0 aliphatic carbocycles. The van der Waals surface area contributed by atoms with Crippen LogP contribution in [0.4, 0.5) is 26.3 Å². The van der Waals surface area contributed by atoms with Crippen molar-refractivity contribution in [2.75, 3.05) is 0 Å². The Morgan fingerprint density at radius 1 is 0.397 bits per heavy atom. The van der Waals surface area contributed by atoms with E-state index < -0.39 is 25.4 Å². The number of aromatic nitrogens is 8. The summed E-state index contributed by atoms with van der Waals surface area (Å²) in [6.07, 6.45) is 4.65. The Kier molecular flexibility index (Phi) is 18.3. The average Bonchev–Trinajstić information content (AvgIpc) is 4.09. The number of aryl methyl sites for hydroxylation is 2. The van der Waals surface area contributed by atoms with Crippen LogP contribution in [0.3, 0.4) is 0 Å². The summed E-state index contributed by atoms with van der Waals surface area (Å²) in [4.78, 5) is 20.6. The first-order valence-corrected chi connectivity index (χ1v) is 20.0. The first kappa shape index (κ1) is 55.6.